The third kappa shape index (κ3) is 2.95. The van der Waals surface area contributed by atoms with Crippen LogP contribution < -0.4 is 10.2 Å². The van der Waals surface area contributed by atoms with Crippen LogP contribution in [0.4, 0.5) is 5.95 Å². The van der Waals surface area contributed by atoms with Crippen LogP contribution in [0.5, 0.6) is 0 Å². The van der Waals surface area contributed by atoms with Crippen molar-refractivity contribution >= 4 is 11.9 Å². The van der Waals surface area contributed by atoms with E-state index in [0.29, 0.717) is 18.9 Å². The minimum Gasteiger partial charge on any atom is -0.396 e. The fraction of sp³-hybridized carbons (Fsp3) is 0.583. The van der Waals surface area contributed by atoms with Crippen molar-refractivity contribution in [2.45, 2.75) is 25.3 Å². The first-order chi connectivity index (χ1) is 8.83. The van der Waals surface area contributed by atoms with E-state index in [-0.39, 0.29) is 18.6 Å². The van der Waals surface area contributed by atoms with E-state index in [9.17, 15) is 4.79 Å². The molecule has 1 fully saturated rings. The molecule has 2 N–H and O–H groups in total. The van der Waals surface area contributed by atoms with Crippen molar-refractivity contribution in [2.24, 2.45) is 0 Å². The third-order valence-corrected chi connectivity index (χ3v) is 3.00. The molecule has 1 aliphatic heterocycles. The highest BCUT2D eigenvalue weighted by molar-refractivity contribution is 5.85. The Hall–Kier alpha value is -1.69. The molecule has 1 saturated heterocycles. The molecule has 1 aromatic heterocycles. The van der Waals surface area contributed by atoms with E-state index in [2.05, 4.69) is 15.3 Å². The number of anilines is 1. The number of aliphatic hydroxyl groups excluding tert-OH is 1. The molecule has 2 heterocycles. The number of aliphatic hydroxyl groups is 1. The number of carbonyl (C=O) groups is 1. The summed E-state index contributed by atoms with van der Waals surface area (Å²) in [5.74, 6) is 0.603. The van der Waals surface area contributed by atoms with Gasteiger partial charge in [0.2, 0.25) is 11.9 Å². The number of nitrogens with zero attached hydrogens (tertiary/aromatic N) is 3. The predicted molar refractivity (Wildman–Crippen MR) is 67.1 cm³/mol. The van der Waals surface area contributed by atoms with E-state index in [0.717, 1.165) is 19.4 Å². The molecular weight excluding hydrogens is 232 g/mol. The predicted octanol–water partition coefficient (Wildman–Crippen LogP) is -0.0560. The summed E-state index contributed by atoms with van der Waals surface area (Å²) in [5, 5.41) is 11.5. The van der Waals surface area contributed by atoms with Crippen LogP contribution in [0.25, 0.3) is 0 Å². The van der Waals surface area contributed by atoms with Gasteiger partial charge in [0.25, 0.3) is 0 Å². The molecule has 1 unspecified atom stereocenters. The lowest BCUT2D eigenvalue weighted by molar-refractivity contribution is -0.122. The second kappa shape index (κ2) is 6.30. The first-order valence-corrected chi connectivity index (χ1v) is 6.25. The van der Waals surface area contributed by atoms with Crippen molar-refractivity contribution in [2.75, 3.05) is 24.6 Å². The number of aromatic nitrogens is 2. The largest absolute Gasteiger partial charge is 0.396 e. The molecule has 98 valence electrons. The normalized spacial score (nSPS) is 18.9. The lowest BCUT2D eigenvalue weighted by atomic mass is 10.2. The fourth-order valence-corrected chi connectivity index (χ4v) is 2.13. The Bertz CT molecular complexity index is 385. The molecular formula is C12H18N4O2. The minimum atomic E-state index is -0.189. The van der Waals surface area contributed by atoms with Crippen molar-refractivity contribution in [3.05, 3.63) is 18.5 Å². The van der Waals surface area contributed by atoms with E-state index < -0.39 is 0 Å². The van der Waals surface area contributed by atoms with Gasteiger partial charge in [-0.1, -0.05) is 0 Å². The second-order valence-corrected chi connectivity index (χ2v) is 4.27. The van der Waals surface area contributed by atoms with Crippen LogP contribution in [-0.4, -0.2) is 46.7 Å². The molecule has 1 aromatic rings. The fourth-order valence-electron chi connectivity index (χ4n) is 2.13. The van der Waals surface area contributed by atoms with E-state index in [1.165, 1.54) is 0 Å². The van der Waals surface area contributed by atoms with Crippen LogP contribution in [0, 0.1) is 0 Å². The van der Waals surface area contributed by atoms with Crippen molar-refractivity contribution in [1.82, 2.24) is 15.3 Å². The molecule has 0 spiro atoms. The lowest BCUT2D eigenvalue weighted by Crippen LogP contribution is -2.44. The van der Waals surface area contributed by atoms with Gasteiger partial charge < -0.3 is 15.3 Å². The molecule has 18 heavy (non-hydrogen) atoms. The molecule has 1 atom stereocenters. The van der Waals surface area contributed by atoms with Gasteiger partial charge in [-0.15, -0.1) is 0 Å². The summed E-state index contributed by atoms with van der Waals surface area (Å²) in [6.07, 6.45) is 5.74. The first kappa shape index (κ1) is 12.8. The van der Waals surface area contributed by atoms with Crippen molar-refractivity contribution < 1.29 is 9.90 Å². The van der Waals surface area contributed by atoms with Gasteiger partial charge in [0.15, 0.2) is 0 Å². The number of amides is 1. The van der Waals surface area contributed by atoms with Crippen molar-refractivity contribution in [1.29, 1.82) is 0 Å². The number of rotatable bonds is 5. The SMILES string of the molecule is O=C(NCCCO)C1CCCN1c1ncccn1. The number of nitrogens with one attached hydrogen (secondary N) is 1. The molecule has 1 aliphatic rings. The Morgan fingerprint density at radius 1 is 1.50 bits per heavy atom. The summed E-state index contributed by atoms with van der Waals surface area (Å²) < 4.78 is 0. The standard InChI is InChI=1S/C12H18N4O2/c17-9-3-7-13-11(18)10-4-1-8-16(10)12-14-5-2-6-15-12/h2,5-6,10,17H,1,3-4,7-9H2,(H,13,18). The highest BCUT2D eigenvalue weighted by atomic mass is 16.3. The highest BCUT2D eigenvalue weighted by Crippen LogP contribution is 2.21. The average molecular weight is 250 g/mol. The Labute approximate surface area is 106 Å². The Morgan fingerprint density at radius 2 is 2.28 bits per heavy atom. The van der Waals surface area contributed by atoms with Gasteiger partial charge in [0.05, 0.1) is 0 Å². The van der Waals surface area contributed by atoms with Crippen LogP contribution in [-0.2, 0) is 4.79 Å². The monoisotopic (exact) mass is 250 g/mol. The van der Waals surface area contributed by atoms with Crippen LogP contribution >= 0.6 is 0 Å². The van der Waals surface area contributed by atoms with E-state index in [1.807, 2.05) is 4.90 Å². The zero-order valence-electron chi connectivity index (χ0n) is 10.2. The maximum absolute atomic E-state index is 12.0. The van der Waals surface area contributed by atoms with Gasteiger partial charge in [-0.05, 0) is 25.3 Å². The summed E-state index contributed by atoms with van der Waals surface area (Å²) in [6, 6.07) is 1.57. The Morgan fingerprint density at radius 3 is 3.00 bits per heavy atom. The number of hydrogen-bond acceptors (Lipinski definition) is 5. The van der Waals surface area contributed by atoms with E-state index >= 15 is 0 Å². The van der Waals surface area contributed by atoms with Gasteiger partial charge in [-0.25, -0.2) is 9.97 Å². The topological polar surface area (TPSA) is 78.4 Å². The molecule has 0 aromatic carbocycles. The maximum atomic E-state index is 12.0. The zero-order valence-corrected chi connectivity index (χ0v) is 10.2. The molecule has 1 amide bonds. The lowest BCUT2D eigenvalue weighted by Gasteiger charge is -2.23. The zero-order chi connectivity index (χ0) is 12.8. The quantitative estimate of drug-likeness (QED) is 0.716. The maximum Gasteiger partial charge on any atom is 0.242 e. The summed E-state index contributed by atoms with van der Waals surface area (Å²) in [7, 11) is 0. The molecule has 0 aliphatic carbocycles. The van der Waals surface area contributed by atoms with Crippen molar-refractivity contribution in [3.8, 4) is 0 Å². The summed E-state index contributed by atoms with van der Waals surface area (Å²) in [5.41, 5.74) is 0. The molecule has 2 rings (SSSR count). The molecule has 0 radical (unpaired) electrons. The molecule has 6 nitrogen and oxygen atoms in total. The summed E-state index contributed by atoms with van der Waals surface area (Å²) >= 11 is 0. The van der Waals surface area contributed by atoms with Crippen LogP contribution in [0.1, 0.15) is 19.3 Å². The number of hydrogen-bond donors (Lipinski definition) is 2. The molecule has 0 bridgehead atoms. The smallest absolute Gasteiger partial charge is 0.242 e. The van der Waals surface area contributed by atoms with Crippen molar-refractivity contribution in [3.63, 3.8) is 0 Å². The average Bonchev–Trinajstić information content (AvgIpc) is 2.89. The van der Waals surface area contributed by atoms with Gasteiger partial charge in [-0.2, -0.15) is 0 Å². The van der Waals surface area contributed by atoms with Gasteiger partial charge in [0.1, 0.15) is 6.04 Å². The van der Waals surface area contributed by atoms with Crippen LogP contribution in [0.15, 0.2) is 18.5 Å². The second-order valence-electron chi connectivity index (χ2n) is 4.27. The van der Waals surface area contributed by atoms with Gasteiger partial charge in [0, 0.05) is 32.1 Å². The third-order valence-electron chi connectivity index (χ3n) is 3.00. The molecule has 6 heteroatoms. The molecule has 0 saturated carbocycles. The van der Waals surface area contributed by atoms with Gasteiger partial charge >= 0.3 is 0 Å². The Kier molecular flexibility index (Phi) is 4.46. The van der Waals surface area contributed by atoms with E-state index in [4.69, 9.17) is 5.11 Å². The summed E-state index contributed by atoms with van der Waals surface area (Å²) in [6.45, 7) is 1.41. The van der Waals surface area contributed by atoms with Crippen LogP contribution in [0.2, 0.25) is 0 Å². The van der Waals surface area contributed by atoms with Crippen LogP contribution in [0.3, 0.4) is 0 Å². The Balaban J connectivity index is 1.97. The van der Waals surface area contributed by atoms with E-state index in [1.54, 1.807) is 18.5 Å². The van der Waals surface area contributed by atoms with Gasteiger partial charge in [-0.3, -0.25) is 4.79 Å². The first-order valence-electron chi connectivity index (χ1n) is 6.25. The minimum absolute atomic E-state index is 0.00611. The summed E-state index contributed by atoms with van der Waals surface area (Å²) in [4.78, 5) is 22.3. The number of carbonyl (C=O) groups excluding carboxylic acids is 1. The highest BCUT2D eigenvalue weighted by Gasteiger charge is 2.31.